The summed E-state index contributed by atoms with van der Waals surface area (Å²) < 4.78 is 21.3. The maximum Gasteiger partial charge on any atom is 0.276 e. The Morgan fingerprint density at radius 3 is 2.05 bits per heavy atom. The molecule has 0 fully saturated rings. The van der Waals surface area contributed by atoms with E-state index in [1.165, 1.54) is 11.8 Å². The van der Waals surface area contributed by atoms with Crippen molar-refractivity contribution >= 4 is 11.8 Å². The molecule has 102 valence electrons. The molecule has 0 amide bonds. The molecule has 0 atom stereocenters. The maximum atomic E-state index is 5.48. The molecular formula is C12H14N2O4S. The van der Waals surface area contributed by atoms with E-state index in [1.54, 1.807) is 33.5 Å². The van der Waals surface area contributed by atoms with Crippen molar-refractivity contribution in [3.8, 4) is 28.7 Å². The Morgan fingerprint density at radius 1 is 1.00 bits per heavy atom. The lowest BCUT2D eigenvalue weighted by Crippen LogP contribution is -1.95. The summed E-state index contributed by atoms with van der Waals surface area (Å²) in [7, 11) is 4.67. The van der Waals surface area contributed by atoms with Gasteiger partial charge in [-0.2, -0.15) is 0 Å². The second kappa shape index (κ2) is 5.83. The van der Waals surface area contributed by atoms with Gasteiger partial charge in [0, 0.05) is 5.56 Å². The van der Waals surface area contributed by atoms with Crippen molar-refractivity contribution in [1.82, 2.24) is 10.2 Å². The largest absolute Gasteiger partial charge is 0.493 e. The highest BCUT2D eigenvalue weighted by Crippen LogP contribution is 2.41. The predicted molar refractivity (Wildman–Crippen MR) is 71.2 cm³/mol. The van der Waals surface area contributed by atoms with Crippen LogP contribution >= 0.6 is 11.8 Å². The highest BCUT2D eigenvalue weighted by molar-refractivity contribution is 7.98. The normalized spacial score (nSPS) is 10.3. The minimum atomic E-state index is 0.406. The zero-order valence-electron chi connectivity index (χ0n) is 11.1. The third kappa shape index (κ3) is 2.60. The molecule has 19 heavy (non-hydrogen) atoms. The van der Waals surface area contributed by atoms with Crippen LogP contribution in [0.4, 0.5) is 0 Å². The Labute approximate surface area is 115 Å². The highest BCUT2D eigenvalue weighted by atomic mass is 32.2. The van der Waals surface area contributed by atoms with Crippen molar-refractivity contribution in [2.75, 3.05) is 27.6 Å². The van der Waals surface area contributed by atoms with Gasteiger partial charge in [-0.3, -0.25) is 0 Å². The number of benzene rings is 1. The van der Waals surface area contributed by atoms with Crippen LogP contribution in [0.25, 0.3) is 11.5 Å². The van der Waals surface area contributed by atoms with E-state index < -0.39 is 0 Å². The number of aromatic nitrogens is 2. The Balaban J connectivity index is 2.51. The smallest absolute Gasteiger partial charge is 0.276 e. The molecule has 0 aliphatic carbocycles. The van der Waals surface area contributed by atoms with Gasteiger partial charge in [0.25, 0.3) is 5.22 Å². The van der Waals surface area contributed by atoms with Crippen LogP contribution in [0, 0.1) is 0 Å². The van der Waals surface area contributed by atoms with E-state index in [1.807, 2.05) is 6.26 Å². The zero-order valence-corrected chi connectivity index (χ0v) is 11.9. The molecule has 7 heteroatoms. The van der Waals surface area contributed by atoms with Crippen LogP contribution in [0.5, 0.6) is 17.2 Å². The molecule has 0 N–H and O–H groups in total. The molecule has 0 aliphatic rings. The molecule has 2 aromatic rings. The van der Waals surface area contributed by atoms with Gasteiger partial charge in [0.1, 0.15) is 0 Å². The van der Waals surface area contributed by atoms with Crippen molar-refractivity contribution in [2.24, 2.45) is 0 Å². The first-order valence-corrected chi connectivity index (χ1v) is 6.63. The number of nitrogens with zero attached hydrogens (tertiary/aromatic N) is 2. The monoisotopic (exact) mass is 282 g/mol. The SMILES string of the molecule is COc1cc(-c2nnc(SC)o2)cc(OC)c1OC. The Morgan fingerprint density at radius 2 is 1.63 bits per heavy atom. The molecule has 0 bridgehead atoms. The number of hydrogen-bond acceptors (Lipinski definition) is 7. The number of thioether (sulfide) groups is 1. The fraction of sp³-hybridized carbons (Fsp3) is 0.333. The quantitative estimate of drug-likeness (QED) is 0.780. The Kier molecular flexibility index (Phi) is 4.16. The first kappa shape index (κ1) is 13.5. The molecule has 0 unspecified atom stereocenters. The Bertz CT molecular complexity index is 546. The fourth-order valence-corrected chi connectivity index (χ4v) is 1.90. The highest BCUT2D eigenvalue weighted by Gasteiger charge is 2.17. The summed E-state index contributed by atoms with van der Waals surface area (Å²) in [5.41, 5.74) is 0.710. The lowest BCUT2D eigenvalue weighted by molar-refractivity contribution is 0.324. The molecule has 2 rings (SSSR count). The summed E-state index contributed by atoms with van der Waals surface area (Å²) in [6, 6.07) is 3.53. The lowest BCUT2D eigenvalue weighted by Gasteiger charge is -2.12. The molecule has 6 nitrogen and oxygen atoms in total. The maximum absolute atomic E-state index is 5.48. The predicted octanol–water partition coefficient (Wildman–Crippen LogP) is 2.48. The number of rotatable bonds is 5. The average Bonchev–Trinajstić information content (AvgIpc) is 2.94. The van der Waals surface area contributed by atoms with Gasteiger partial charge in [0.2, 0.25) is 11.6 Å². The zero-order chi connectivity index (χ0) is 13.8. The third-order valence-corrected chi connectivity index (χ3v) is 3.01. The van der Waals surface area contributed by atoms with E-state index in [0.29, 0.717) is 33.9 Å². The number of hydrogen-bond donors (Lipinski definition) is 0. The summed E-state index contributed by atoms with van der Waals surface area (Å²) >= 11 is 1.38. The third-order valence-electron chi connectivity index (χ3n) is 2.49. The summed E-state index contributed by atoms with van der Waals surface area (Å²) in [6.07, 6.45) is 1.87. The number of ether oxygens (including phenoxy) is 3. The van der Waals surface area contributed by atoms with Crippen molar-refractivity contribution in [2.45, 2.75) is 5.22 Å². The fourth-order valence-electron chi connectivity index (χ4n) is 1.61. The van der Waals surface area contributed by atoms with E-state index in [2.05, 4.69) is 10.2 Å². The molecule has 1 heterocycles. The first-order chi connectivity index (χ1) is 9.23. The number of methoxy groups -OCH3 is 3. The van der Waals surface area contributed by atoms with E-state index in [0.717, 1.165) is 0 Å². The van der Waals surface area contributed by atoms with Crippen LogP contribution in [-0.2, 0) is 0 Å². The van der Waals surface area contributed by atoms with Crippen molar-refractivity contribution < 1.29 is 18.6 Å². The van der Waals surface area contributed by atoms with E-state index in [9.17, 15) is 0 Å². The molecule has 0 aliphatic heterocycles. The van der Waals surface area contributed by atoms with Crippen LogP contribution in [-0.4, -0.2) is 37.8 Å². The molecule has 0 spiro atoms. The van der Waals surface area contributed by atoms with E-state index in [4.69, 9.17) is 18.6 Å². The first-order valence-electron chi connectivity index (χ1n) is 5.41. The molecule has 1 aromatic carbocycles. The van der Waals surface area contributed by atoms with E-state index >= 15 is 0 Å². The van der Waals surface area contributed by atoms with Crippen LogP contribution in [0.2, 0.25) is 0 Å². The summed E-state index contributed by atoms with van der Waals surface area (Å²) in [4.78, 5) is 0. The minimum absolute atomic E-state index is 0.406. The second-order valence-corrected chi connectivity index (χ2v) is 4.25. The molecule has 0 saturated carbocycles. The second-order valence-electron chi connectivity index (χ2n) is 3.49. The molecular weight excluding hydrogens is 268 g/mol. The topological polar surface area (TPSA) is 66.6 Å². The Hall–Kier alpha value is -1.89. The summed E-state index contributed by atoms with van der Waals surface area (Å²) in [6.45, 7) is 0. The molecule has 1 aromatic heterocycles. The van der Waals surface area contributed by atoms with Gasteiger partial charge in [-0.25, -0.2) is 0 Å². The van der Waals surface area contributed by atoms with Crippen LogP contribution in [0.1, 0.15) is 0 Å². The van der Waals surface area contributed by atoms with Crippen LogP contribution < -0.4 is 14.2 Å². The van der Waals surface area contributed by atoms with Crippen LogP contribution in [0.3, 0.4) is 0 Å². The average molecular weight is 282 g/mol. The van der Waals surface area contributed by atoms with Crippen molar-refractivity contribution in [1.29, 1.82) is 0 Å². The van der Waals surface area contributed by atoms with Gasteiger partial charge in [0.15, 0.2) is 11.5 Å². The van der Waals surface area contributed by atoms with Gasteiger partial charge in [-0.05, 0) is 18.4 Å². The van der Waals surface area contributed by atoms with E-state index in [-0.39, 0.29) is 0 Å². The van der Waals surface area contributed by atoms with Gasteiger partial charge in [0.05, 0.1) is 21.3 Å². The lowest BCUT2D eigenvalue weighted by atomic mass is 10.2. The summed E-state index contributed by atoms with van der Waals surface area (Å²) in [5.74, 6) is 2.02. The van der Waals surface area contributed by atoms with Crippen molar-refractivity contribution in [3.05, 3.63) is 12.1 Å². The van der Waals surface area contributed by atoms with Gasteiger partial charge < -0.3 is 18.6 Å². The molecule has 0 radical (unpaired) electrons. The van der Waals surface area contributed by atoms with Gasteiger partial charge in [-0.1, -0.05) is 11.8 Å². The van der Waals surface area contributed by atoms with Crippen molar-refractivity contribution in [3.63, 3.8) is 0 Å². The minimum Gasteiger partial charge on any atom is -0.493 e. The molecule has 0 saturated heterocycles. The summed E-state index contributed by atoms with van der Waals surface area (Å²) in [5, 5.41) is 8.38. The standard InChI is InChI=1S/C12H14N2O4S/c1-15-8-5-7(6-9(16-2)10(8)17-3)11-13-14-12(18-11)19-4/h5-6H,1-4H3. The van der Waals surface area contributed by atoms with Gasteiger partial charge in [-0.15, -0.1) is 10.2 Å². The van der Waals surface area contributed by atoms with Crippen LogP contribution in [0.15, 0.2) is 21.8 Å². The van der Waals surface area contributed by atoms with Gasteiger partial charge >= 0.3 is 0 Å².